The minimum absolute atomic E-state index is 0.0667. The highest BCUT2D eigenvalue weighted by Crippen LogP contribution is 2.45. The quantitative estimate of drug-likeness (QED) is 0.527. The number of methoxy groups -OCH3 is 1. The van der Waals surface area contributed by atoms with E-state index in [1.54, 1.807) is 7.11 Å². The van der Waals surface area contributed by atoms with E-state index in [4.69, 9.17) is 9.47 Å². The zero-order valence-corrected chi connectivity index (χ0v) is 19.5. The summed E-state index contributed by atoms with van der Waals surface area (Å²) in [6, 6.07) is 18.6. The second-order valence-electron chi connectivity index (χ2n) is 8.99. The lowest BCUT2D eigenvalue weighted by atomic mass is 9.68. The minimum atomic E-state index is -0.0667. The van der Waals surface area contributed by atoms with Crippen molar-refractivity contribution in [3.8, 4) is 5.75 Å². The fraction of sp³-hybridized carbons (Fsp3) is 0.519. The standard InChI is InChI=1S/C27H37NO3/c1-5-26(29)28(20-22-11-7-6-8-12-22)17-15-27(16-18-31-25(19-27)21(2)3)23-13-9-10-14-24(23)30-4/h6-14,21,25H,5,15-20H2,1-4H3/t25-,27-/m0/s1. The van der Waals surface area contributed by atoms with Crippen LogP contribution in [-0.2, 0) is 21.5 Å². The van der Waals surface area contributed by atoms with Gasteiger partial charge in [0.05, 0.1) is 13.2 Å². The summed E-state index contributed by atoms with van der Waals surface area (Å²) in [6.07, 6.45) is 3.52. The van der Waals surface area contributed by atoms with E-state index < -0.39 is 0 Å². The van der Waals surface area contributed by atoms with E-state index >= 15 is 0 Å². The second kappa shape index (κ2) is 10.8. The first-order chi connectivity index (χ1) is 15.0. The van der Waals surface area contributed by atoms with Gasteiger partial charge in [0.2, 0.25) is 5.91 Å². The Bertz CT molecular complexity index is 835. The van der Waals surface area contributed by atoms with E-state index in [-0.39, 0.29) is 17.4 Å². The number of amides is 1. The first kappa shape index (κ1) is 23.3. The number of hydrogen-bond acceptors (Lipinski definition) is 3. The van der Waals surface area contributed by atoms with Crippen molar-refractivity contribution in [2.24, 2.45) is 5.92 Å². The summed E-state index contributed by atoms with van der Waals surface area (Å²) in [5.41, 5.74) is 2.35. The Balaban J connectivity index is 1.89. The fourth-order valence-corrected chi connectivity index (χ4v) is 4.74. The molecule has 1 aliphatic heterocycles. The molecule has 0 bridgehead atoms. The van der Waals surface area contributed by atoms with Crippen molar-refractivity contribution < 1.29 is 14.3 Å². The summed E-state index contributed by atoms with van der Waals surface area (Å²) in [5.74, 6) is 1.59. The number of ether oxygens (including phenoxy) is 2. The number of carbonyl (C=O) groups excluding carboxylic acids is 1. The van der Waals surface area contributed by atoms with Gasteiger partial charge in [-0.1, -0.05) is 69.3 Å². The van der Waals surface area contributed by atoms with Gasteiger partial charge in [-0.2, -0.15) is 0 Å². The molecule has 1 saturated heterocycles. The van der Waals surface area contributed by atoms with E-state index in [1.165, 1.54) is 11.1 Å². The average molecular weight is 424 g/mol. The van der Waals surface area contributed by atoms with Gasteiger partial charge in [-0.15, -0.1) is 0 Å². The Labute approximate surface area is 187 Å². The number of rotatable bonds is 9. The van der Waals surface area contributed by atoms with Crippen LogP contribution < -0.4 is 4.74 Å². The number of carbonyl (C=O) groups is 1. The van der Waals surface area contributed by atoms with Crippen molar-refractivity contribution in [2.45, 2.75) is 64.5 Å². The van der Waals surface area contributed by atoms with E-state index in [0.29, 0.717) is 18.9 Å². The Morgan fingerprint density at radius 3 is 2.55 bits per heavy atom. The van der Waals surface area contributed by atoms with Crippen molar-refractivity contribution in [1.82, 2.24) is 4.90 Å². The van der Waals surface area contributed by atoms with Crippen molar-refractivity contribution in [2.75, 3.05) is 20.3 Å². The average Bonchev–Trinajstić information content (AvgIpc) is 2.82. The summed E-state index contributed by atoms with van der Waals surface area (Å²) < 4.78 is 11.9. The Morgan fingerprint density at radius 1 is 1.16 bits per heavy atom. The lowest BCUT2D eigenvalue weighted by Crippen LogP contribution is -2.44. The smallest absolute Gasteiger partial charge is 0.222 e. The third-order valence-electron chi connectivity index (χ3n) is 6.66. The highest BCUT2D eigenvalue weighted by Gasteiger charge is 2.41. The van der Waals surface area contributed by atoms with Gasteiger partial charge < -0.3 is 14.4 Å². The molecule has 168 valence electrons. The first-order valence-electron chi connectivity index (χ1n) is 11.6. The van der Waals surface area contributed by atoms with Crippen molar-refractivity contribution in [3.63, 3.8) is 0 Å². The Hall–Kier alpha value is -2.33. The molecule has 0 radical (unpaired) electrons. The molecule has 3 rings (SSSR count). The third-order valence-corrected chi connectivity index (χ3v) is 6.66. The van der Waals surface area contributed by atoms with Crippen LogP contribution in [0.3, 0.4) is 0 Å². The van der Waals surface area contributed by atoms with Gasteiger partial charge in [-0.25, -0.2) is 0 Å². The monoisotopic (exact) mass is 423 g/mol. The van der Waals surface area contributed by atoms with Crippen LogP contribution in [0.15, 0.2) is 54.6 Å². The molecule has 0 aliphatic carbocycles. The molecule has 1 aliphatic rings. The number of benzene rings is 2. The first-order valence-corrected chi connectivity index (χ1v) is 11.6. The van der Waals surface area contributed by atoms with Crippen LogP contribution in [-0.4, -0.2) is 37.2 Å². The highest BCUT2D eigenvalue weighted by atomic mass is 16.5. The number of nitrogens with zero attached hydrogens (tertiary/aromatic N) is 1. The lowest BCUT2D eigenvalue weighted by molar-refractivity contribution is -0.132. The maximum absolute atomic E-state index is 12.8. The number of hydrogen-bond donors (Lipinski definition) is 0. The van der Waals surface area contributed by atoms with Gasteiger partial charge in [0.25, 0.3) is 0 Å². The van der Waals surface area contributed by atoms with E-state index in [2.05, 4.69) is 44.2 Å². The SMILES string of the molecule is CCC(=O)N(CC[C@]1(c2ccccc2OC)CCO[C@H](C(C)C)C1)Cc1ccccc1. The molecule has 0 N–H and O–H groups in total. The molecule has 4 nitrogen and oxygen atoms in total. The van der Waals surface area contributed by atoms with E-state index in [9.17, 15) is 4.79 Å². The molecule has 0 spiro atoms. The molecule has 1 amide bonds. The van der Waals surface area contributed by atoms with Crippen LogP contribution >= 0.6 is 0 Å². The maximum atomic E-state index is 12.8. The molecule has 31 heavy (non-hydrogen) atoms. The van der Waals surface area contributed by atoms with Crippen LogP contribution in [0, 0.1) is 5.92 Å². The van der Waals surface area contributed by atoms with Crippen molar-refractivity contribution in [3.05, 3.63) is 65.7 Å². The molecule has 1 fully saturated rings. The van der Waals surface area contributed by atoms with Gasteiger partial charge in [0, 0.05) is 37.1 Å². The van der Waals surface area contributed by atoms with Crippen LogP contribution in [0.25, 0.3) is 0 Å². The topological polar surface area (TPSA) is 38.8 Å². The molecule has 0 aromatic heterocycles. The van der Waals surface area contributed by atoms with Crippen LogP contribution in [0.5, 0.6) is 5.75 Å². The van der Waals surface area contributed by atoms with Gasteiger partial charge in [-0.05, 0) is 36.8 Å². The van der Waals surface area contributed by atoms with Gasteiger partial charge in [0.1, 0.15) is 5.75 Å². The minimum Gasteiger partial charge on any atom is -0.496 e. The number of para-hydroxylation sites is 1. The zero-order chi connectivity index (χ0) is 22.3. The van der Waals surface area contributed by atoms with Crippen molar-refractivity contribution in [1.29, 1.82) is 0 Å². The fourth-order valence-electron chi connectivity index (χ4n) is 4.74. The van der Waals surface area contributed by atoms with Gasteiger partial charge in [-0.3, -0.25) is 4.79 Å². The largest absolute Gasteiger partial charge is 0.496 e. The Morgan fingerprint density at radius 2 is 1.87 bits per heavy atom. The second-order valence-corrected chi connectivity index (χ2v) is 8.99. The van der Waals surface area contributed by atoms with Crippen LogP contribution in [0.4, 0.5) is 0 Å². The molecule has 4 heteroatoms. The zero-order valence-electron chi connectivity index (χ0n) is 19.5. The third kappa shape index (κ3) is 5.68. The molecule has 0 unspecified atom stereocenters. The predicted octanol–water partition coefficient (Wildman–Crippen LogP) is 5.60. The van der Waals surface area contributed by atoms with Crippen molar-refractivity contribution >= 4 is 5.91 Å². The molecule has 2 aromatic rings. The summed E-state index contributed by atoms with van der Waals surface area (Å²) in [5, 5.41) is 0. The van der Waals surface area contributed by atoms with Crippen LogP contribution in [0.2, 0.25) is 0 Å². The summed E-state index contributed by atoms with van der Waals surface area (Å²) >= 11 is 0. The molecule has 1 heterocycles. The normalized spacial score (nSPS) is 21.1. The highest BCUT2D eigenvalue weighted by molar-refractivity contribution is 5.75. The predicted molar refractivity (Wildman–Crippen MR) is 125 cm³/mol. The summed E-state index contributed by atoms with van der Waals surface area (Å²) in [4.78, 5) is 14.8. The molecule has 2 aromatic carbocycles. The maximum Gasteiger partial charge on any atom is 0.222 e. The van der Waals surface area contributed by atoms with Gasteiger partial charge in [0.15, 0.2) is 0 Å². The molecule has 2 atom stereocenters. The molecular formula is C27H37NO3. The van der Waals surface area contributed by atoms with E-state index in [0.717, 1.165) is 38.2 Å². The van der Waals surface area contributed by atoms with E-state index in [1.807, 2.05) is 36.1 Å². The summed E-state index contributed by atoms with van der Waals surface area (Å²) in [7, 11) is 1.74. The van der Waals surface area contributed by atoms with Crippen LogP contribution in [0.1, 0.15) is 57.6 Å². The molecular weight excluding hydrogens is 386 g/mol. The summed E-state index contributed by atoms with van der Waals surface area (Å²) in [6.45, 7) is 8.52. The lowest BCUT2D eigenvalue weighted by Gasteiger charge is -2.44. The molecule has 0 saturated carbocycles. The Kier molecular flexibility index (Phi) is 8.14. The van der Waals surface area contributed by atoms with Gasteiger partial charge >= 0.3 is 0 Å².